The number of rotatable bonds is 3. The van der Waals surface area contributed by atoms with Gasteiger partial charge in [-0.2, -0.15) is 0 Å². The molecule has 1 amide bonds. The summed E-state index contributed by atoms with van der Waals surface area (Å²) in [5.41, 5.74) is 0.0486. The smallest absolute Gasteiger partial charge is 0.254 e. The van der Waals surface area contributed by atoms with E-state index in [0.29, 0.717) is 6.54 Å². The van der Waals surface area contributed by atoms with Crippen molar-refractivity contribution in [2.45, 2.75) is 25.4 Å². The number of carbonyl (C=O) groups excluding carboxylic acids is 1. The molecule has 1 aliphatic heterocycles. The molecule has 1 aliphatic rings. The van der Waals surface area contributed by atoms with Gasteiger partial charge < -0.3 is 10.1 Å². The van der Waals surface area contributed by atoms with Gasteiger partial charge in [0.1, 0.15) is 11.0 Å². The zero-order chi connectivity index (χ0) is 13.0. The van der Waals surface area contributed by atoms with Gasteiger partial charge in [0.05, 0.1) is 17.9 Å². The van der Waals surface area contributed by atoms with Crippen molar-refractivity contribution in [2.24, 2.45) is 0 Å². The summed E-state index contributed by atoms with van der Waals surface area (Å²) in [7, 11) is 0. The fourth-order valence-corrected chi connectivity index (χ4v) is 2.04. The van der Waals surface area contributed by atoms with E-state index < -0.39 is 11.7 Å². The number of nitrogens with zero attached hydrogens (tertiary/aromatic N) is 1. The van der Waals surface area contributed by atoms with Gasteiger partial charge in [0.2, 0.25) is 0 Å². The SMILES string of the molecule is O=C(NCC1CCCCO1)c1cc(F)cnc1Cl. The molecule has 18 heavy (non-hydrogen) atoms. The molecule has 1 N–H and O–H groups in total. The number of halogens is 2. The first-order valence-electron chi connectivity index (χ1n) is 5.87. The molecular formula is C12H14ClFN2O2. The fraction of sp³-hybridized carbons (Fsp3) is 0.500. The lowest BCUT2D eigenvalue weighted by Gasteiger charge is -2.22. The fourth-order valence-electron chi connectivity index (χ4n) is 1.85. The Labute approximate surface area is 109 Å². The molecule has 6 heteroatoms. The van der Waals surface area contributed by atoms with Crippen LogP contribution in [0, 0.1) is 5.82 Å². The molecule has 0 aromatic carbocycles. The van der Waals surface area contributed by atoms with Crippen LogP contribution in [0.5, 0.6) is 0 Å². The number of pyridine rings is 1. The molecule has 1 saturated heterocycles. The zero-order valence-electron chi connectivity index (χ0n) is 9.79. The van der Waals surface area contributed by atoms with Gasteiger partial charge in [-0.15, -0.1) is 0 Å². The Morgan fingerprint density at radius 3 is 3.17 bits per heavy atom. The minimum atomic E-state index is -0.585. The molecular weight excluding hydrogens is 259 g/mol. The van der Waals surface area contributed by atoms with E-state index in [9.17, 15) is 9.18 Å². The van der Waals surface area contributed by atoms with E-state index >= 15 is 0 Å². The molecule has 0 aliphatic carbocycles. The summed E-state index contributed by atoms with van der Waals surface area (Å²) in [6.45, 7) is 1.13. The Hall–Kier alpha value is -1.20. The zero-order valence-corrected chi connectivity index (χ0v) is 10.5. The van der Waals surface area contributed by atoms with Crippen molar-refractivity contribution >= 4 is 17.5 Å². The molecule has 0 saturated carbocycles. The quantitative estimate of drug-likeness (QED) is 0.858. The van der Waals surface area contributed by atoms with Crippen LogP contribution in [0.2, 0.25) is 5.15 Å². The maximum Gasteiger partial charge on any atom is 0.254 e. The van der Waals surface area contributed by atoms with E-state index in [1.54, 1.807) is 0 Å². The standard InChI is InChI=1S/C12H14ClFN2O2/c13-11-10(5-8(14)6-15-11)12(17)16-7-9-3-1-2-4-18-9/h5-6,9H,1-4,7H2,(H,16,17). The van der Waals surface area contributed by atoms with Gasteiger partial charge in [0.25, 0.3) is 5.91 Å². The molecule has 1 aromatic heterocycles. The number of nitrogens with one attached hydrogen (secondary N) is 1. The number of hydrogen-bond acceptors (Lipinski definition) is 3. The lowest BCUT2D eigenvalue weighted by atomic mass is 10.1. The van der Waals surface area contributed by atoms with Gasteiger partial charge >= 0.3 is 0 Å². The normalized spacial score (nSPS) is 19.6. The van der Waals surface area contributed by atoms with Gasteiger partial charge in [-0.3, -0.25) is 4.79 Å². The Morgan fingerprint density at radius 1 is 1.61 bits per heavy atom. The predicted molar refractivity (Wildman–Crippen MR) is 65.1 cm³/mol. The summed E-state index contributed by atoms with van der Waals surface area (Å²) in [6.07, 6.45) is 4.09. The van der Waals surface area contributed by atoms with Crippen LogP contribution < -0.4 is 5.32 Å². The molecule has 4 nitrogen and oxygen atoms in total. The van der Waals surface area contributed by atoms with Crippen molar-refractivity contribution in [3.63, 3.8) is 0 Å². The average Bonchev–Trinajstić information content (AvgIpc) is 2.40. The van der Waals surface area contributed by atoms with Crippen molar-refractivity contribution in [2.75, 3.05) is 13.2 Å². The van der Waals surface area contributed by atoms with Gasteiger partial charge in [-0.25, -0.2) is 9.37 Å². The van der Waals surface area contributed by atoms with Crippen molar-refractivity contribution in [1.29, 1.82) is 0 Å². The molecule has 0 bridgehead atoms. The predicted octanol–water partition coefficient (Wildman–Crippen LogP) is 2.17. The second kappa shape index (κ2) is 6.11. The van der Waals surface area contributed by atoms with E-state index in [2.05, 4.69) is 10.3 Å². The number of amides is 1. The van der Waals surface area contributed by atoms with Crippen molar-refractivity contribution in [3.8, 4) is 0 Å². The van der Waals surface area contributed by atoms with Crippen LogP contribution in [0.4, 0.5) is 4.39 Å². The lowest BCUT2D eigenvalue weighted by molar-refractivity contribution is 0.0169. The second-order valence-electron chi connectivity index (χ2n) is 4.19. The minimum absolute atomic E-state index is 0.00142. The maximum atomic E-state index is 13.0. The summed E-state index contributed by atoms with van der Waals surface area (Å²) in [6, 6.07) is 1.08. The van der Waals surface area contributed by atoms with Crippen molar-refractivity contribution in [1.82, 2.24) is 10.3 Å². The van der Waals surface area contributed by atoms with Crippen LogP contribution >= 0.6 is 11.6 Å². The summed E-state index contributed by atoms with van der Waals surface area (Å²) in [4.78, 5) is 15.4. The molecule has 1 fully saturated rings. The topological polar surface area (TPSA) is 51.2 Å². The van der Waals surface area contributed by atoms with Crippen LogP contribution in [0.1, 0.15) is 29.6 Å². The highest BCUT2D eigenvalue weighted by Gasteiger charge is 2.17. The number of aromatic nitrogens is 1. The third-order valence-corrected chi connectivity index (χ3v) is 3.12. The van der Waals surface area contributed by atoms with Crippen LogP contribution in [-0.2, 0) is 4.74 Å². The third-order valence-electron chi connectivity index (χ3n) is 2.81. The second-order valence-corrected chi connectivity index (χ2v) is 4.55. The summed E-state index contributed by atoms with van der Waals surface area (Å²) < 4.78 is 18.5. The molecule has 0 radical (unpaired) electrons. The largest absolute Gasteiger partial charge is 0.376 e. The molecule has 1 aromatic rings. The van der Waals surface area contributed by atoms with Crippen LogP contribution in [-0.4, -0.2) is 30.1 Å². The summed E-state index contributed by atoms with van der Waals surface area (Å²) in [5.74, 6) is -1.01. The van der Waals surface area contributed by atoms with Gasteiger partial charge in [0, 0.05) is 13.2 Å². The first kappa shape index (κ1) is 13.2. The Morgan fingerprint density at radius 2 is 2.44 bits per heavy atom. The monoisotopic (exact) mass is 272 g/mol. The average molecular weight is 273 g/mol. The van der Waals surface area contributed by atoms with E-state index in [-0.39, 0.29) is 16.8 Å². The maximum absolute atomic E-state index is 13.0. The van der Waals surface area contributed by atoms with Crippen LogP contribution in [0.25, 0.3) is 0 Å². The minimum Gasteiger partial charge on any atom is -0.376 e. The van der Waals surface area contributed by atoms with Crippen LogP contribution in [0.3, 0.4) is 0 Å². The van der Waals surface area contributed by atoms with Gasteiger partial charge in [-0.1, -0.05) is 11.6 Å². The number of carbonyl (C=O) groups is 1. The molecule has 2 rings (SSSR count). The molecule has 1 atom stereocenters. The molecule has 2 heterocycles. The highest BCUT2D eigenvalue weighted by atomic mass is 35.5. The first-order valence-corrected chi connectivity index (χ1v) is 6.25. The highest BCUT2D eigenvalue weighted by molar-refractivity contribution is 6.32. The molecule has 98 valence electrons. The lowest BCUT2D eigenvalue weighted by Crippen LogP contribution is -2.35. The Kier molecular flexibility index (Phi) is 4.49. The van der Waals surface area contributed by atoms with E-state index in [1.165, 1.54) is 0 Å². The Balaban J connectivity index is 1.92. The van der Waals surface area contributed by atoms with Gasteiger partial charge in [0.15, 0.2) is 0 Å². The number of ether oxygens (including phenoxy) is 1. The Bertz CT molecular complexity index is 436. The number of hydrogen-bond donors (Lipinski definition) is 1. The van der Waals surface area contributed by atoms with E-state index in [0.717, 1.165) is 38.1 Å². The molecule has 1 unspecified atom stereocenters. The highest BCUT2D eigenvalue weighted by Crippen LogP contribution is 2.15. The van der Waals surface area contributed by atoms with Crippen LogP contribution in [0.15, 0.2) is 12.3 Å². The summed E-state index contributed by atoms with van der Waals surface area (Å²) in [5, 5.41) is 2.68. The molecule has 0 spiro atoms. The third kappa shape index (κ3) is 3.40. The van der Waals surface area contributed by atoms with Crippen molar-refractivity contribution in [3.05, 3.63) is 28.8 Å². The van der Waals surface area contributed by atoms with E-state index in [4.69, 9.17) is 16.3 Å². The van der Waals surface area contributed by atoms with E-state index in [1.807, 2.05) is 0 Å². The summed E-state index contributed by atoms with van der Waals surface area (Å²) >= 11 is 5.74. The van der Waals surface area contributed by atoms with Gasteiger partial charge in [-0.05, 0) is 25.3 Å². The first-order chi connectivity index (χ1) is 8.66. The van der Waals surface area contributed by atoms with Crippen molar-refractivity contribution < 1.29 is 13.9 Å².